The van der Waals surface area contributed by atoms with E-state index in [1.807, 2.05) is 13.8 Å². The van der Waals surface area contributed by atoms with E-state index in [1.54, 1.807) is 31.2 Å². The molecule has 0 aliphatic rings. The van der Waals surface area contributed by atoms with Gasteiger partial charge in [-0.1, -0.05) is 13.8 Å². The molecule has 0 aliphatic heterocycles. The molecule has 6 heteroatoms. The molecule has 0 bridgehead atoms. The molecule has 0 spiro atoms. The van der Waals surface area contributed by atoms with Crippen molar-refractivity contribution in [3.05, 3.63) is 29.8 Å². The van der Waals surface area contributed by atoms with E-state index < -0.39 is 12.0 Å². The molecule has 0 saturated carbocycles. The zero-order valence-electron chi connectivity index (χ0n) is 13.3. The molecule has 22 heavy (non-hydrogen) atoms. The van der Waals surface area contributed by atoms with Crippen LogP contribution in [0.5, 0.6) is 0 Å². The van der Waals surface area contributed by atoms with E-state index in [2.05, 4.69) is 10.6 Å². The molecular weight excluding hydrogens is 284 g/mol. The van der Waals surface area contributed by atoms with Gasteiger partial charge in [0.2, 0.25) is 11.8 Å². The van der Waals surface area contributed by atoms with Crippen molar-refractivity contribution in [3.63, 3.8) is 0 Å². The van der Waals surface area contributed by atoms with Gasteiger partial charge in [0.05, 0.1) is 12.2 Å². The van der Waals surface area contributed by atoms with E-state index in [0.717, 1.165) is 0 Å². The quantitative estimate of drug-likeness (QED) is 0.787. The molecular formula is C16H22N2O4. The van der Waals surface area contributed by atoms with Crippen molar-refractivity contribution in [1.29, 1.82) is 0 Å². The zero-order chi connectivity index (χ0) is 16.7. The van der Waals surface area contributed by atoms with Gasteiger partial charge in [0.15, 0.2) is 0 Å². The van der Waals surface area contributed by atoms with Crippen LogP contribution in [0, 0.1) is 5.92 Å². The van der Waals surface area contributed by atoms with Crippen molar-refractivity contribution < 1.29 is 19.1 Å². The van der Waals surface area contributed by atoms with Gasteiger partial charge < -0.3 is 15.4 Å². The first-order chi connectivity index (χ1) is 10.3. The third kappa shape index (κ3) is 5.20. The van der Waals surface area contributed by atoms with Crippen LogP contribution < -0.4 is 10.6 Å². The van der Waals surface area contributed by atoms with Crippen molar-refractivity contribution in [2.45, 2.75) is 33.7 Å². The predicted octanol–water partition coefficient (Wildman–Crippen LogP) is 1.96. The Kier molecular flexibility index (Phi) is 6.56. The number of anilines is 1. The summed E-state index contributed by atoms with van der Waals surface area (Å²) in [5.41, 5.74) is 0.969. The Hall–Kier alpha value is -2.37. The van der Waals surface area contributed by atoms with E-state index in [0.29, 0.717) is 17.9 Å². The SMILES string of the molecule is CCOC(=O)c1ccc(NC(=O)C(NC(C)=O)C(C)C)cc1. The molecule has 1 aromatic rings. The zero-order valence-corrected chi connectivity index (χ0v) is 13.3. The lowest BCUT2D eigenvalue weighted by molar-refractivity contribution is -0.126. The summed E-state index contributed by atoms with van der Waals surface area (Å²) in [6.07, 6.45) is 0. The van der Waals surface area contributed by atoms with Gasteiger partial charge in [-0.15, -0.1) is 0 Å². The Bertz CT molecular complexity index is 538. The van der Waals surface area contributed by atoms with Gasteiger partial charge in [-0.25, -0.2) is 4.79 Å². The molecule has 1 atom stereocenters. The van der Waals surface area contributed by atoms with Crippen LogP contribution in [0.2, 0.25) is 0 Å². The minimum absolute atomic E-state index is 0.0392. The second-order valence-electron chi connectivity index (χ2n) is 5.21. The van der Waals surface area contributed by atoms with E-state index in [9.17, 15) is 14.4 Å². The van der Waals surface area contributed by atoms with E-state index in [1.165, 1.54) is 6.92 Å². The van der Waals surface area contributed by atoms with Crippen LogP contribution in [0.4, 0.5) is 5.69 Å². The number of hydrogen-bond donors (Lipinski definition) is 2. The number of esters is 1. The maximum Gasteiger partial charge on any atom is 0.338 e. The molecule has 0 aromatic heterocycles. The van der Waals surface area contributed by atoms with Crippen LogP contribution in [-0.2, 0) is 14.3 Å². The fourth-order valence-corrected chi connectivity index (χ4v) is 1.88. The Balaban J connectivity index is 2.75. The molecule has 0 fully saturated rings. The van der Waals surface area contributed by atoms with E-state index in [4.69, 9.17) is 4.74 Å². The van der Waals surface area contributed by atoms with Crippen molar-refractivity contribution in [2.24, 2.45) is 5.92 Å². The third-order valence-corrected chi connectivity index (χ3v) is 2.97. The summed E-state index contributed by atoms with van der Waals surface area (Å²) in [5, 5.41) is 5.34. The number of carbonyl (C=O) groups is 3. The van der Waals surface area contributed by atoms with Gasteiger partial charge in [0, 0.05) is 12.6 Å². The molecule has 0 saturated heterocycles. The minimum atomic E-state index is -0.609. The summed E-state index contributed by atoms with van der Waals surface area (Å²) in [6, 6.07) is 5.79. The summed E-state index contributed by atoms with van der Waals surface area (Å²) in [7, 11) is 0. The molecule has 1 unspecified atom stereocenters. The highest BCUT2D eigenvalue weighted by Gasteiger charge is 2.23. The second kappa shape index (κ2) is 8.17. The molecule has 2 amide bonds. The number of benzene rings is 1. The fraction of sp³-hybridized carbons (Fsp3) is 0.438. The highest BCUT2D eigenvalue weighted by molar-refractivity contribution is 5.97. The summed E-state index contributed by atoms with van der Waals surface area (Å²) in [4.78, 5) is 34.9. The Morgan fingerprint density at radius 3 is 2.18 bits per heavy atom. The van der Waals surface area contributed by atoms with E-state index in [-0.39, 0.29) is 17.7 Å². The highest BCUT2D eigenvalue weighted by atomic mass is 16.5. The number of carbonyl (C=O) groups excluding carboxylic acids is 3. The maximum atomic E-state index is 12.2. The van der Waals surface area contributed by atoms with Crippen molar-refractivity contribution >= 4 is 23.5 Å². The standard InChI is InChI=1S/C16H22N2O4/c1-5-22-16(21)12-6-8-13(9-7-12)18-15(20)14(10(2)3)17-11(4)19/h6-10,14H,5H2,1-4H3,(H,17,19)(H,18,20). The summed E-state index contributed by atoms with van der Waals surface area (Å²) < 4.78 is 4.89. The van der Waals surface area contributed by atoms with Crippen molar-refractivity contribution in [3.8, 4) is 0 Å². The van der Waals surface area contributed by atoms with Crippen LogP contribution in [-0.4, -0.2) is 30.4 Å². The highest BCUT2D eigenvalue weighted by Crippen LogP contribution is 2.12. The number of amides is 2. The first kappa shape index (κ1) is 17.7. The van der Waals surface area contributed by atoms with Crippen molar-refractivity contribution in [1.82, 2.24) is 5.32 Å². The second-order valence-corrected chi connectivity index (χ2v) is 5.21. The largest absolute Gasteiger partial charge is 0.462 e. The molecule has 0 aliphatic carbocycles. The van der Waals surface area contributed by atoms with Gasteiger partial charge in [-0.05, 0) is 37.1 Å². The predicted molar refractivity (Wildman–Crippen MR) is 83.5 cm³/mol. The number of nitrogens with one attached hydrogen (secondary N) is 2. The lowest BCUT2D eigenvalue weighted by atomic mass is 10.0. The lowest BCUT2D eigenvalue weighted by Gasteiger charge is -2.20. The Labute approximate surface area is 130 Å². The molecule has 1 aromatic carbocycles. The van der Waals surface area contributed by atoms with Gasteiger partial charge in [-0.3, -0.25) is 9.59 Å². The van der Waals surface area contributed by atoms with Crippen molar-refractivity contribution in [2.75, 3.05) is 11.9 Å². The van der Waals surface area contributed by atoms with Gasteiger partial charge >= 0.3 is 5.97 Å². The minimum Gasteiger partial charge on any atom is -0.462 e. The Morgan fingerprint density at radius 1 is 1.14 bits per heavy atom. The van der Waals surface area contributed by atoms with Gasteiger partial charge in [0.25, 0.3) is 0 Å². The monoisotopic (exact) mass is 306 g/mol. The van der Waals surface area contributed by atoms with Gasteiger partial charge in [0.1, 0.15) is 6.04 Å². The third-order valence-electron chi connectivity index (χ3n) is 2.97. The van der Waals surface area contributed by atoms with Crippen LogP contribution in [0.1, 0.15) is 38.1 Å². The molecule has 2 N–H and O–H groups in total. The smallest absolute Gasteiger partial charge is 0.338 e. The molecule has 1 rings (SSSR count). The first-order valence-corrected chi connectivity index (χ1v) is 7.20. The maximum absolute atomic E-state index is 12.2. The lowest BCUT2D eigenvalue weighted by Crippen LogP contribution is -2.46. The molecule has 0 heterocycles. The average Bonchev–Trinajstić information content (AvgIpc) is 2.45. The normalized spacial score (nSPS) is 11.7. The average molecular weight is 306 g/mol. The Morgan fingerprint density at radius 2 is 1.73 bits per heavy atom. The molecule has 120 valence electrons. The summed E-state index contributed by atoms with van der Waals surface area (Å²) in [6.45, 7) is 7.12. The van der Waals surface area contributed by atoms with Gasteiger partial charge in [-0.2, -0.15) is 0 Å². The fourth-order valence-electron chi connectivity index (χ4n) is 1.88. The number of ether oxygens (including phenoxy) is 1. The van der Waals surface area contributed by atoms with Crippen LogP contribution in [0.25, 0.3) is 0 Å². The number of rotatable bonds is 6. The topological polar surface area (TPSA) is 84.5 Å². The van der Waals surface area contributed by atoms with Crippen LogP contribution in [0.3, 0.4) is 0 Å². The number of hydrogen-bond acceptors (Lipinski definition) is 4. The van der Waals surface area contributed by atoms with Crippen LogP contribution >= 0.6 is 0 Å². The molecule has 6 nitrogen and oxygen atoms in total. The molecule has 0 radical (unpaired) electrons. The summed E-state index contributed by atoms with van der Waals surface area (Å²) >= 11 is 0. The van der Waals surface area contributed by atoms with E-state index >= 15 is 0 Å². The van der Waals surface area contributed by atoms with Crippen LogP contribution in [0.15, 0.2) is 24.3 Å². The first-order valence-electron chi connectivity index (χ1n) is 7.20. The summed E-state index contributed by atoms with van der Waals surface area (Å²) in [5.74, 6) is -0.998.